The second kappa shape index (κ2) is 11.5. The number of hydrogen-bond acceptors (Lipinski definition) is 4. The predicted octanol–water partition coefficient (Wildman–Crippen LogP) is 4.77. The van der Waals surface area contributed by atoms with Gasteiger partial charge >= 0.3 is 0 Å². The van der Waals surface area contributed by atoms with E-state index < -0.39 is 0 Å². The van der Waals surface area contributed by atoms with Crippen molar-refractivity contribution in [2.45, 2.75) is 65.1 Å². The summed E-state index contributed by atoms with van der Waals surface area (Å²) in [6, 6.07) is 7.93. The summed E-state index contributed by atoms with van der Waals surface area (Å²) in [5.74, 6) is 2.33. The average molecular weight is 364 g/mol. The fraction of sp³-hybridized carbons (Fsp3) is 0.727. The van der Waals surface area contributed by atoms with E-state index >= 15 is 0 Å². The van der Waals surface area contributed by atoms with Gasteiger partial charge in [0.15, 0.2) is 0 Å². The van der Waals surface area contributed by atoms with Crippen molar-refractivity contribution in [3.05, 3.63) is 24.3 Å². The molecule has 1 saturated heterocycles. The van der Waals surface area contributed by atoms with Crippen molar-refractivity contribution >= 4 is 0 Å². The van der Waals surface area contributed by atoms with Gasteiger partial charge in [0, 0.05) is 19.7 Å². The number of unbranched alkanes of at least 4 members (excludes halogenated alkanes) is 2. The fourth-order valence-corrected chi connectivity index (χ4v) is 3.65. The zero-order valence-corrected chi connectivity index (χ0v) is 17.1. The molecule has 1 aliphatic heterocycles. The molecule has 1 fully saturated rings. The molecule has 0 aliphatic carbocycles. The lowest BCUT2D eigenvalue weighted by Crippen LogP contribution is -2.45. The Kier molecular flexibility index (Phi) is 9.27. The Labute approximate surface area is 159 Å². The van der Waals surface area contributed by atoms with Crippen molar-refractivity contribution in [1.82, 2.24) is 4.90 Å². The van der Waals surface area contributed by atoms with Crippen LogP contribution in [-0.4, -0.2) is 50.5 Å². The van der Waals surface area contributed by atoms with Crippen LogP contribution < -0.4 is 9.47 Å². The van der Waals surface area contributed by atoms with Crippen molar-refractivity contribution in [3.63, 3.8) is 0 Å². The van der Waals surface area contributed by atoms with Crippen molar-refractivity contribution in [3.8, 4) is 11.5 Å². The highest BCUT2D eigenvalue weighted by atomic mass is 16.5. The molecule has 1 aliphatic rings. The minimum absolute atomic E-state index is 0.176. The molecule has 148 valence electrons. The largest absolute Gasteiger partial charge is 0.493 e. The standard InChI is InChI=1S/C22H37NO3/c1-5-6-7-13-23-14-11-19(22(17-23)24-4)12-15-25-20-9-8-10-21(16-20)26-18(2)3/h8-10,16,18-19,22H,5-7,11-15,17H2,1-4H3/t19-,22+/m0/s1. The van der Waals surface area contributed by atoms with Crippen LogP contribution in [0.5, 0.6) is 11.5 Å². The molecule has 0 aromatic heterocycles. The summed E-state index contributed by atoms with van der Waals surface area (Å²) in [7, 11) is 1.85. The molecule has 0 saturated carbocycles. The molecule has 4 nitrogen and oxygen atoms in total. The molecule has 0 amide bonds. The second-order valence-electron chi connectivity index (χ2n) is 7.61. The van der Waals surface area contributed by atoms with Gasteiger partial charge in [0.1, 0.15) is 11.5 Å². The van der Waals surface area contributed by atoms with Gasteiger partial charge in [0.05, 0.1) is 18.8 Å². The maximum Gasteiger partial charge on any atom is 0.123 e. The molecule has 0 N–H and O–H groups in total. The number of nitrogens with zero attached hydrogens (tertiary/aromatic N) is 1. The molecule has 1 heterocycles. The number of rotatable bonds is 11. The van der Waals surface area contributed by atoms with Crippen molar-refractivity contribution < 1.29 is 14.2 Å². The first kappa shape index (κ1) is 21.0. The Morgan fingerprint density at radius 2 is 2.00 bits per heavy atom. The van der Waals surface area contributed by atoms with E-state index in [1.807, 2.05) is 45.2 Å². The first-order chi connectivity index (χ1) is 12.6. The Morgan fingerprint density at radius 1 is 1.19 bits per heavy atom. The summed E-state index contributed by atoms with van der Waals surface area (Å²) >= 11 is 0. The molecular formula is C22H37NO3. The van der Waals surface area contributed by atoms with E-state index in [1.54, 1.807) is 0 Å². The van der Waals surface area contributed by atoms with Gasteiger partial charge < -0.3 is 19.1 Å². The molecule has 0 unspecified atom stereocenters. The minimum Gasteiger partial charge on any atom is -0.493 e. The Balaban J connectivity index is 1.75. The number of benzene rings is 1. The molecule has 4 heteroatoms. The van der Waals surface area contributed by atoms with Crippen molar-refractivity contribution in [1.29, 1.82) is 0 Å². The van der Waals surface area contributed by atoms with Gasteiger partial charge in [-0.3, -0.25) is 0 Å². The lowest BCUT2D eigenvalue weighted by atomic mass is 9.91. The predicted molar refractivity (Wildman–Crippen MR) is 107 cm³/mol. The van der Waals surface area contributed by atoms with Gasteiger partial charge in [0.2, 0.25) is 0 Å². The number of hydrogen-bond donors (Lipinski definition) is 0. The van der Waals surface area contributed by atoms with Gasteiger partial charge in [-0.05, 0) is 64.3 Å². The fourth-order valence-electron chi connectivity index (χ4n) is 3.65. The first-order valence-electron chi connectivity index (χ1n) is 10.3. The Bertz CT molecular complexity index is 506. The summed E-state index contributed by atoms with van der Waals surface area (Å²) in [5, 5.41) is 0. The summed E-state index contributed by atoms with van der Waals surface area (Å²) < 4.78 is 17.5. The van der Waals surface area contributed by atoms with Crippen LogP contribution in [0.2, 0.25) is 0 Å². The topological polar surface area (TPSA) is 30.9 Å². The number of likely N-dealkylation sites (tertiary alicyclic amines) is 1. The van der Waals surface area contributed by atoms with Crippen LogP contribution in [0.3, 0.4) is 0 Å². The zero-order chi connectivity index (χ0) is 18.8. The quantitative estimate of drug-likeness (QED) is 0.530. The molecule has 1 aromatic carbocycles. The van der Waals surface area contributed by atoms with Crippen LogP contribution in [0.4, 0.5) is 0 Å². The number of ether oxygens (including phenoxy) is 3. The first-order valence-corrected chi connectivity index (χ1v) is 10.3. The van der Waals surface area contributed by atoms with Gasteiger partial charge in [-0.25, -0.2) is 0 Å². The molecular weight excluding hydrogens is 326 g/mol. The third kappa shape index (κ3) is 7.16. The van der Waals surface area contributed by atoms with E-state index in [-0.39, 0.29) is 6.10 Å². The highest BCUT2D eigenvalue weighted by Crippen LogP contribution is 2.25. The number of methoxy groups -OCH3 is 1. The summed E-state index contributed by atoms with van der Waals surface area (Å²) in [6.45, 7) is 10.5. The lowest BCUT2D eigenvalue weighted by Gasteiger charge is -2.37. The summed E-state index contributed by atoms with van der Waals surface area (Å²) in [5.41, 5.74) is 0. The molecule has 26 heavy (non-hydrogen) atoms. The van der Waals surface area contributed by atoms with Gasteiger partial charge in [-0.1, -0.05) is 25.8 Å². The number of piperidine rings is 1. The third-order valence-electron chi connectivity index (χ3n) is 5.10. The molecule has 0 bridgehead atoms. The molecule has 2 atom stereocenters. The molecule has 0 spiro atoms. The maximum absolute atomic E-state index is 5.98. The highest BCUT2D eigenvalue weighted by Gasteiger charge is 2.28. The van der Waals surface area contributed by atoms with Gasteiger partial charge in [-0.2, -0.15) is 0 Å². The average Bonchev–Trinajstić information content (AvgIpc) is 2.62. The van der Waals surface area contributed by atoms with E-state index in [9.17, 15) is 0 Å². The van der Waals surface area contributed by atoms with Crippen LogP contribution in [-0.2, 0) is 4.74 Å². The maximum atomic E-state index is 5.98. The van der Waals surface area contributed by atoms with E-state index in [0.29, 0.717) is 12.0 Å². The van der Waals surface area contributed by atoms with Crippen LogP contribution in [0.25, 0.3) is 0 Å². The molecule has 0 radical (unpaired) electrons. The van der Waals surface area contributed by atoms with Crippen LogP contribution in [0.15, 0.2) is 24.3 Å². The monoisotopic (exact) mass is 363 g/mol. The summed E-state index contributed by atoms with van der Waals surface area (Å²) in [6.07, 6.45) is 6.65. The summed E-state index contributed by atoms with van der Waals surface area (Å²) in [4.78, 5) is 2.56. The second-order valence-corrected chi connectivity index (χ2v) is 7.61. The van der Waals surface area contributed by atoms with Crippen LogP contribution in [0, 0.1) is 5.92 Å². The zero-order valence-electron chi connectivity index (χ0n) is 17.1. The lowest BCUT2D eigenvalue weighted by molar-refractivity contribution is -0.0180. The van der Waals surface area contributed by atoms with E-state index in [2.05, 4.69) is 11.8 Å². The smallest absolute Gasteiger partial charge is 0.123 e. The van der Waals surface area contributed by atoms with E-state index in [4.69, 9.17) is 14.2 Å². The normalized spacial score (nSPS) is 21.1. The van der Waals surface area contributed by atoms with Crippen LogP contribution in [0.1, 0.15) is 52.9 Å². The Hall–Kier alpha value is -1.26. The Morgan fingerprint density at radius 3 is 2.73 bits per heavy atom. The van der Waals surface area contributed by atoms with E-state index in [0.717, 1.165) is 31.1 Å². The van der Waals surface area contributed by atoms with E-state index in [1.165, 1.54) is 38.8 Å². The van der Waals surface area contributed by atoms with Crippen LogP contribution >= 0.6 is 0 Å². The van der Waals surface area contributed by atoms with Crippen molar-refractivity contribution in [2.75, 3.05) is 33.4 Å². The molecule has 2 rings (SSSR count). The van der Waals surface area contributed by atoms with Crippen molar-refractivity contribution in [2.24, 2.45) is 5.92 Å². The van der Waals surface area contributed by atoms with Gasteiger partial charge in [0.25, 0.3) is 0 Å². The van der Waals surface area contributed by atoms with Gasteiger partial charge in [-0.15, -0.1) is 0 Å². The third-order valence-corrected chi connectivity index (χ3v) is 5.10. The molecule has 1 aromatic rings. The SMILES string of the molecule is CCCCCN1CC[C@@H](CCOc2cccc(OC(C)C)c2)[C@H](OC)C1. The minimum atomic E-state index is 0.176. The highest BCUT2D eigenvalue weighted by molar-refractivity contribution is 5.33.